The van der Waals surface area contributed by atoms with Crippen molar-refractivity contribution in [1.82, 2.24) is 4.31 Å². The smallest absolute Gasteiger partial charge is 0.310 e. The quantitative estimate of drug-likeness (QED) is 0.447. The van der Waals surface area contributed by atoms with Crippen LogP contribution in [-0.2, 0) is 14.8 Å². The van der Waals surface area contributed by atoms with Crippen LogP contribution in [0.5, 0.6) is 0 Å². The van der Waals surface area contributed by atoms with Gasteiger partial charge in [0.25, 0.3) is 0 Å². The molecule has 0 amide bonds. The topological polar surface area (TPSA) is 61.9 Å². The molecule has 0 saturated carbocycles. The summed E-state index contributed by atoms with van der Waals surface area (Å²) in [5.74, 6) is 0. The average Bonchev–Trinajstić information content (AvgIpc) is 3.15. The van der Waals surface area contributed by atoms with Crippen molar-refractivity contribution in [2.75, 3.05) is 36.4 Å². The van der Waals surface area contributed by atoms with Crippen LogP contribution in [0.25, 0.3) is 0 Å². The molecule has 3 heterocycles. The van der Waals surface area contributed by atoms with Crippen LogP contribution < -0.4 is 10.2 Å². The number of nitrogens with one attached hydrogen (secondary N) is 1. The summed E-state index contributed by atoms with van der Waals surface area (Å²) in [6.07, 6.45) is 3.41. The molecule has 0 aromatic heterocycles. The lowest BCUT2D eigenvalue weighted by atomic mass is 10.1. The van der Waals surface area contributed by atoms with Gasteiger partial charge >= 0.3 is 10.2 Å². The predicted octanol–water partition coefficient (Wildman–Crippen LogP) is 5.98. The van der Waals surface area contributed by atoms with E-state index in [0.29, 0.717) is 25.0 Å². The highest BCUT2D eigenvalue weighted by Gasteiger charge is 2.65. The molecule has 1 N–H and O–H groups in total. The highest BCUT2D eigenvalue weighted by Crippen LogP contribution is 3.02. The summed E-state index contributed by atoms with van der Waals surface area (Å²) in [6.45, 7) is 2.06. The first-order valence-electron chi connectivity index (χ1n) is 11.8. The lowest BCUT2D eigenvalue weighted by molar-refractivity contribution is 0.0305. The molecule has 5 rings (SSSR count). The monoisotopic (exact) mass is 553 g/mol. The number of fused-ring (bicyclic) bond motifs is 2. The van der Waals surface area contributed by atoms with Gasteiger partial charge in [-0.3, -0.25) is 0 Å². The van der Waals surface area contributed by atoms with Crippen LogP contribution in [0.15, 0.2) is 58.3 Å². The maximum absolute atomic E-state index is 13.1. The number of nitrogens with zero attached hydrogens (tertiary/aromatic N) is 2. The average molecular weight is 554 g/mol. The summed E-state index contributed by atoms with van der Waals surface area (Å²) in [5.41, 5.74) is 1.24. The Bertz CT molecular complexity index is 1210. The van der Waals surface area contributed by atoms with E-state index in [-0.39, 0.29) is 41.9 Å². The summed E-state index contributed by atoms with van der Waals surface area (Å²) in [7, 11) is -13.4. The molecular weight excluding hydrogens is 525 g/mol. The molecule has 2 unspecified atom stereocenters. The Morgan fingerprint density at radius 1 is 0.806 bits per heavy atom. The molecule has 0 radical (unpaired) electrons. The van der Waals surface area contributed by atoms with Gasteiger partial charge in [-0.2, -0.15) is 4.31 Å². The fraction of sp³-hybridized carbons (Fsp3) is 0.478. The number of sulfonamides is 1. The van der Waals surface area contributed by atoms with Gasteiger partial charge in [0.2, 0.25) is 10.0 Å². The Hall–Kier alpha value is -2.09. The van der Waals surface area contributed by atoms with Gasteiger partial charge in [-0.15, -0.1) is 0 Å². The molecular formula is C23H28F5N3O3S2. The summed E-state index contributed by atoms with van der Waals surface area (Å²) in [5, 5.41) is 3.02. The fourth-order valence-electron chi connectivity index (χ4n) is 5.09. The van der Waals surface area contributed by atoms with E-state index >= 15 is 0 Å². The molecule has 0 spiro atoms. The molecule has 13 heteroatoms. The van der Waals surface area contributed by atoms with Gasteiger partial charge < -0.3 is 15.0 Å². The van der Waals surface area contributed by atoms with Gasteiger partial charge in [0.05, 0.1) is 17.1 Å². The second-order valence-corrected chi connectivity index (χ2v) is 14.0. The molecule has 2 aromatic rings. The number of morpholine rings is 1. The second kappa shape index (κ2) is 8.20. The number of anilines is 2. The molecule has 2 aromatic carbocycles. The lowest BCUT2D eigenvalue weighted by Gasteiger charge is -2.40. The van der Waals surface area contributed by atoms with Gasteiger partial charge in [0.1, 0.15) is 4.90 Å². The Morgan fingerprint density at radius 3 is 1.89 bits per heavy atom. The zero-order valence-electron chi connectivity index (χ0n) is 19.3. The van der Waals surface area contributed by atoms with E-state index in [1.807, 2.05) is 12.1 Å². The van der Waals surface area contributed by atoms with Gasteiger partial charge in [-0.25, -0.2) is 8.42 Å². The third-order valence-corrected chi connectivity index (χ3v) is 10.1. The predicted molar refractivity (Wildman–Crippen MR) is 130 cm³/mol. The van der Waals surface area contributed by atoms with Crippen LogP contribution in [0.4, 0.5) is 30.8 Å². The SMILES string of the molecule is O=S(=O)(c1ccc(N2CC3CCC(C2)O3)cc1)N1CCC(Nc2ccc(S(F)(F)(F)(F)F)cc2)CC1. The van der Waals surface area contributed by atoms with Crippen LogP contribution in [0.3, 0.4) is 0 Å². The minimum Gasteiger partial charge on any atom is -0.382 e. The highest BCUT2D eigenvalue weighted by atomic mass is 32.5. The number of ether oxygens (including phenoxy) is 1. The van der Waals surface area contributed by atoms with E-state index in [9.17, 15) is 27.8 Å². The van der Waals surface area contributed by atoms with Gasteiger partial charge in [0.15, 0.2) is 0 Å². The molecule has 0 aliphatic carbocycles. The van der Waals surface area contributed by atoms with E-state index < -0.39 is 25.1 Å². The molecule has 2 bridgehead atoms. The van der Waals surface area contributed by atoms with Crippen LogP contribution in [0.1, 0.15) is 25.7 Å². The number of benzene rings is 2. The summed E-state index contributed by atoms with van der Waals surface area (Å²) in [4.78, 5) is 0.498. The van der Waals surface area contributed by atoms with Crippen molar-refractivity contribution in [3.05, 3.63) is 48.5 Å². The van der Waals surface area contributed by atoms with Crippen LogP contribution in [0, 0.1) is 0 Å². The summed E-state index contributed by atoms with van der Waals surface area (Å²) in [6, 6.07) is 9.37. The minimum atomic E-state index is -9.71. The summed E-state index contributed by atoms with van der Waals surface area (Å²) < 4.78 is 98.0. The van der Waals surface area contributed by atoms with E-state index in [0.717, 1.165) is 43.8 Å². The zero-order chi connectivity index (χ0) is 25.8. The van der Waals surface area contributed by atoms with Crippen molar-refractivity contribution in [2.45, 2.75) is 53.7 Å². The van der Waals surface area contributed by atoms with Gasteiger partial charge in [-0.1, -0.05) is 19.4 Å². The maximum atomic E-state index is 13.1. The number of halogens is 5. The first-order chi connectivity index (χ1) is 16.7. The largest absolute Gasteiger partial charge is 0.382 e. The van der Waals surface area contributed by atoms with E-state index in [4.69, 9.17) is 4.74 Å². The molecule has 200 valence electrons. The number of hydrogen-bond acceptors (Lipinski definition) is 5. The maximum Gasteiger partial charge on any atom is 0.310 e. The Balaban J connectivity index is 1.18. The fourth-order valence-corrected chi connectivity index (χ4v) is 7.21. The van der Waals surface area contributed by atoms with E-state index in [2.05, 4.69) is 10.2 Å². The first kappa shape index (κ1) is 25.6. The lowest BCUT2D eigenvalue weighted by Crippen LogP contribution is -2.43. The molecule has 6 nitrogen and oxygen atoms in total. The molecule has 3 aliphatic rings. The van der Waals surface area contributed by atoms with Crippen molar-refractivity contribution in [2.24, 2.45) is 0 Å². The molecule has 2 atom stereocenters. The zero-order valence-corrected chi connectivity index (χ0v) is 21.0. The normalized spacial score (nSPS) is 25.9. The first-order valence-corrected chi connectivity index (χ1v) is 15.2. The van der Waals surface area contributed by atoms with E-state index in [1.54, 1.807) is 12.1 Å². The Morgan fingerprint density at radius 2 is 1.36 bits per heavy atom. The Kier molecular flexibility index (Phi) is 5.82. The van der Waals surface area contributed by atoms with Crippen LogP contribution in [-0.4, -0.2) is 57.2 Å². The number of piperidine rings is 1. The highest BCUT2D eigenvalue weighted by molar-refractivity contribution is 8.45. The van der Waals surface area contributed by atoms with E-state index in [1.165, 1.54) is 4.31 Å². The standard InChI is InChI=1S/C23H28F5N3O3S2/c24-36(25,26,27,28)23-9-1-17(2-10-23)29-18-11-13-31(14-12-18)35(32,33)22-7-3-19(4-8-22)30-15-20-5-6-21(16-30)34-20/h1-4,7-10,18,20-21,29H,5-6,11-16H2. The summed E-state index contributed by atoms with van der Waals surface area (Å²) >= 11 is 0. The molecule has 3 saturated heterocycles. The van der Waals surface area contributed by atoms with Crippen molar-refractivity contribution < 1.29 is 32.6 Å². The molecule has 3 aliphatic heterocycles. The third-order valence-electron chi connectivity index (χ3n) is 7.01. The van der Waals surface area contributed by atoms with Gasteiger partial charge in [0, 0.05) is 43.6 Å². The molecule has 36 heavy (non-hydrogen) atoms. The number of rotatable bonds is 6. The van der Waals surface area contributed by atoms with Crippen molar-refractivity contribution in [3.63, 3.8) is 0 Å². The second-order valence-electron chi connectivity index (χ2n) is 9.67. The van der Waals surface area contributed by atoms with Crippen molar-refractivity contribution in [3.8, 4) is 0 Å². The molecule has 3 fully saturated rings. The van der Waals surface area contributed by atoms with Crippen molar-refractivity contribution in [1.29, 1.82) is 0 Å². The number of hydrogen-bond donors (Lipinski definition) is 1. The van der Waals surface area contributed by atoms with Gasteiger partial charge in [-0.05, 0) is 74.2 Å². The van der Waals surface area contributed by atoms with Crippen LogP contribution in [0.2, 0.25) is 0 Å². The Labute approximate surface area is 207 Å². The third kappa shape index (κ3) is 5.43. The minimum absolute atomic E-state index is 0.193. The van der Waals surface area contributed by atoms with Crippen molar-refractivity contribution >= 4 is 31.6 Å². The van der Waals surface area contributed by atoms with Crippen LogP contribution >= 0.6 is 10.2 Å².